The van der Waals surface area contributed by atoms with Crippen molar-refractivity contribution in [1.29, 1.82) is 5.26 Å². The van der Waals surface area contributed by atoms with Gasteiger partial charge < -0.3 is 5.32 Å². The molecule has 2 aromatic rings. The molecule has 0 saturated heterocycles. The number of thiophene rings is 1. The Balaban J connectivity index is 2.27. The Morgan fingerprint density at radius 2 is 2.17 bits per heavy atom. The molecule has 0 atom stereocenters. The number of anilines is 1. The van der Waals surface area contributed by atoms with E-state index >= 15 is 0 Å². The molecule has 0 aromatic carbocycles. The molecule has 120 valence electrons. The summed E-state index contributed by atoms with van der Waals surface area (Å²) >= 11 is 2.67. The van der Waals surface area contributed by atoms with E-state index in [4.69, 9.17) is 0 Å². The lowest BCUT2D eigenvalue weighted by Crippen LogP contribution is -2.29. The van der Waals surface area contributed by atoms with Gasteiger partial charge in [0.25, 0.3) is 5.56 Å². The van der Waals surface area contributed by atoms with E-state index in [0.717, 1.165) is 10.4 Å². The van der Waals surface area contributed by atoms with Crippen molar-refractivity contribution >= 4 is 34.0 Å². The van der Waals surface area contributed by atoms with Crippen LogP contribution >= 0.6 is 23.1 Å². The molecule has 0 saturated carbocycles. The number of amides is 1. The molecule has 0 aliphatic carbocycles. The summed E-state index contributed by atoms with van der Waals surface area (Å²) in [6.45, 7) is 5.35. The van der Waals surface area contributed by atoms with Crippen molar-refractivity contribution in [3.63, 3.8) is 0 Å². The van der Waals surface area contributed by atoms with Crippen LogP contribution in [-0.4, -0.2) is 21.7 Å². The van der Waals surface area contributed by atoms with Crippen molar-refractivity contribution in [3.05, 3.63) is 38.1 Å². The van der Waals surface area contributed by atoms with Crippen molar-refractivity contribution in [2.75, 3.05) is 11.6 Å². The van der Waals surface area contributed by atoms with Gasteiger partial charge in [-0.15, -0.1) is 11.3 Å². The monoisotopic (exact) mass is 348 g/mol. The number of carbonyl (C=O) groups is 1. The number of aryl methyl sites for hydroxylation is 2. The van der Waals surface area contributed by atoms with E-state index in [2.05, 4.69) is 16.4 Å². The maximum atomic E-state index is 12.3. The zero-order valence-corrected chi connectivity index (χ0v) is 14.9. The van der Waals surface area contributed by atoms with Gasteiger partial charge in [0.2, 0.25) is 5.91 Å². The molecule has 0 aliphatic rings. The molecular formula is C15H16N4O2S2. The maximum Gasteiger partial charge on any atom is 0.254 e. The predicted molar refractivity (Wildman–Crippen MR) is 92.2 cm³/mol. The fourth-order valence-corrected chi connectivity index (χ4v) is 3.69. The van der Waals surface area contributed by atoms with Gasteiger partial charge in [0.1, 0.15) is 17.6 Å². The highest BCUT2D eigenvalue weighted by molar-refractivity contribution is 7.98. The zero-order chi connectivity index (χ0) is 17.1. The molecule has 1 amide bonds. The van der Waals surface area contributed by atoms with Crippen molar-refractivity contribution in [2.24, 2.45) is 0 Å². The minimum atomic E-state index is -0.356. The molecule has 0 bridgehead atoms. The number of aromatic nitrogens is 2. The van der Waals surface area contributed by atoms with Gasteiger partial charge in [-0.3, -0.25) is 14.2 Å². The molecule has 1 N–H and O–H groups in total. The van der Waals surface area contributed by atoms with Gasteiger partial charge in [0, 0.05) is 16.6 Å². The van der Waals surface area contributed by atoms with E-state index in [-0.39, 0.29) is 18.0 Å². The van der Waals surface area contributed by atoms with Gasteiger partial charge in [-0.05, 0) is 32.6 Å². The Hall–Kier alpha value is -2.11. The van der Waals surface area contributed by atoms with Gasteiger partial charge in [-0.1, -0.05) is 11.8 Å². The highest BCUT2D eigenvalue weighted by Crippen LogP contribution is 2.31. The average Bonchev–Trinajstić information content (AvgIpc) is 2.75. The number of nitrogens with one attached hydrogen (secondary N) is 1. The molecule has 2 heterocycles. The van der Waals surface area contributed by atoms with Crippen molar-refractivity contribution in [3.8, 4) is 6.07 Å². The second-order valence-corrected chi connectivity index (χ2v) is 6.95. The Bertz CT molecular complexity index is 862. The molecule has 8 heteroatoms. The minimum Gasteiger partial charge on any atom is -0.315 e. The molecule has 0 radical (unpaired) electrons. The quantitative estimate of drug-likeness (QED) is 0.677. The van der Waals surface area contributed by atoms with Crippen LogP contribution in [0.4, 0.5) is 5.00 Å². The molecule has 2 aromatic heterocycles. The third kappa shape index (κ3) is 3.63. The Morgan fingerprint density at radius 1 is 1.48 bits per heavy atom. The molecule has 0 unspecified atom stereocenters. The molecule has 6 nitrogen and oxygen atoms in total. The van der Waals surface area contributed by atoms with Crippen LogP contribution in [0.3, 0.4) is 0 Å². The molecule has 2 rings (SSSR count). The summed E-state index contributed by atoms with van der Waals surface area (Å²) in [7, 11) is 0. The van der Waals surface area contributed by atoms with Crippen LogP contribution in [0.2, 0.25) is 0 Å². The number of carbonyl (C=O) groups excluding carboxylic acids is 1. The first-order chi connectivity index (χ1) is 10.9. The fourth-order valence-electron chi connectivity index (χ4n) is 2.06. The fraction of sp³-hybridized carbons (Fsp3) is 0.333. The number of thioether (sulfide) groups is 1. The second-order valence-electron chi connectivity index (χ2n) is 4.96. The lowest BCUT2D eigenvalue weighted by molar-refractivity contribution is -0.116. The van der Waals surface area contributed by atoms with Gasteiger partial charge in [-0.2, -0.15) is 5.26 Å². The third-order valence-electron chi connectivity index (χ3n) is 3.34. The number of rotatable bonds is 4. The van der Waals surface area contributed by atoms with Crippen molar-refractivity contribution < 1.29 is 4.79 Å². The summed E-state index contributed by atoms with van der Waals surface area (Å²) in [5.74, 6) is -0.356. The summed E-state index contributed by atoms with van der Waals surface area (Å²) in [6.07, 6.45) is 1.80. The molecular weight excluding hydrogens is 332 g/mol. The second kappa shape index (κ2) is 6.98. The van der Waals surface area contributed by atoms with E-state index in [0.29, 0.717) is 21.4 Å². The maximum absolute atomic E-state index is 12.3. The summed E-state index contributed by atoms with van der Waals surface area (Å²) in [6, 6.07) is 3.50. The first-order valence-corrected chi connectivity index (χ1v) is 8.84. The average molecular weight is 348 g/mol. The summed E-state index contributed by atoms with van der Waals surface area (Å²) in [4.78, 5) is 29.6. The molecule has 0 aliphatic heterocycles. The topological polar surface area (TPSA) is 87.8 Å². The van der Waals surface area contributed by atoms with Crippen LogP contribution in [0.5, 0.6) is 0 Å². The van der Waals surface area contributed by atoms with Gasteiger partial charge in [-0.25, -0.2) is 4.98 Å². The molecule has 23 heavy (non-hydrogen) atoms. The van der Waals surface area contributed by atoms with E-state index in [1.54, 1.807) is 13.2 Å². The number of nitrogens with zero attached hydrogens (tertiary/aromatic N) is 3. The van der Waals surface area contributed by atoms with Crippen molar-refractivity contribution in [2.45, 2.75) is 32.5 Å². The normalized spacial score (nSPS) is 10.4. The van der Waals surface area contributed by atoms with E-state index in [1.807, 2.05) is 13.8 Å². The SMILES string of the molecule is CSc1nc(C)cc(=O)n1CC(=O)Nc1sc(C)c(C)c1C#N. The summed E-state index contributed by atoms with van der Waals surface area (Å²) < 4.78 is 1.33. The van der Waals surface area contributed by atoms with E-state index in [1.165, 1.54) is 33.7 Å². The predicted octanol–water partition coefficient (Wildman–Crippen LogP) is 2.46. The summed E-state index contributed by atoms with van der Waals surface area (Å²) in [5.41, 5.74) is 1.69. The van der Waals surface area contributed by atoms with Crippen molar-refractivity contribution in [1.82, 2.24) is 9.55 Å². The Kier molecular flexibility index (Phi) is 5.23. The standard InChI is InChI=1S/C15H16N4O2S2/c1-8-5-13(21)19(15(17-8)22-4)7-12(20)18-14-11(6-16)9(2)10(3)23-14/h5H,7H2,1-4H3,(H,18,20). The Labute approximate surface area is 142 Å². The van der Waals surface area contributed by atoms with Crippen LogP contribution in [0, 0.1) is 32.1 Å². The minimum absolute atomic E-state index is 0.136. The molecule has 0 spiro atoms. The number of hydrogen-bond donors (Lipinski definition) is 1. The first kappa shape index (κ1) is 17.2. The third-order valence-corrected chi connectivity index (χ3v) is 5.14. The van der Waals surface area contributed by atoms with Crippen LogP contribution in [0.15, 0.2) is 16.0 Å². The lowest BCUT2D eigenvalue weighted by atomic mass is 10.2. The van der Waals surface area contributed by atoms with E-state index in [9.17, 15) is 14.9 Å². The molecule has 0 fully saturated rings. The van der Waals surface area contributed by atoms with Crippen LogP contribution in [0.25, 0.3) is 0 Å². The lowest BCUT2D eigenvalue weighted by Gasteiger charge is -2.10. The number of nitriles is 1. The Morgan fingerprint density at radius 3 is 2.78 bits per heavy atom. The highest BCUT2D eigenvalue weighted by Gasteiger charge is 2.16. The van der Waals surface area contributed by atoms with Gasteiger partial charge in [0.05, 0.1) is 5.56 Å². The highest BCUT2D eigenvalue weighted by atomic mass is 32.2. The zero-order valence-electron chi connectivity index (χ0n) is 13.3. The van der Waals surface area contributed by atoms with E-state index < -0.39 is 0 Å². The smallest absolute Gasteiger partial charge is 0.254 e. The first-order valence-electron chi connectivity index (χ1n) is 6.79. The van der Waals surface area contributed by atoms with Gasteiger partial charge >= 0.3 is 0 Å². The number of hydrogen-bond acceptors (Lipinski definition) is 6. The largest absolute Gasteiger partial charge is 0.315 e. The van der Waals surface area contributed by atoms with Crippen LogP contribution < -0.4 is 10.9 Å². The van der Waals surface area contributed by atoms with Crippen LogP contribution in [0.1, 0.15) is 21.7 Å². The van der Waals surface area contributed by atoms with Crippen LogP contribution in [-0.2, 0) is 11.3 Å². The van der Waals surface area contributed by atoms with Gasteiger partial charge in [0.15, 0.2) is 5.16 Å². The summed E-state index contributed by atoms with van der Waals surface area (Å²) in [5, 5.41) is 12.9.